The van der Waals surface area contributed by atoms with Gasteiger partial charge < -0.3 is 10.6 Å². The zero-order valence-corrected chi connectivity index (χ0v) is 17.4. The van der Waals surface area contributed by atoms with E-state index in [1.807, 2.05) is 28.9 Å². The van der Waals surface area contributed by atoms with Gasteiger partial charge in [0.2, 0.25) is 11.0 Å². The van der Waals surface area contributed by atoms with Gasteiger partial charge in [0.25, 0.3) is 0 Å². The van der Waals surface area contributed by atoms with E-state index in [0.29, 0.717) is 20.5 Å². The third-order valence-electron chi connectivity index (χ3n) is 4.46. The minimum atomic E-state index is -0.0828. The maximum absolute atomic E-state index is 12.3. The number of anilines is 3. The highest BCUT2D eigenvalue weighted by molar-refractivity contribution is 8.01. The van der Waals surface area contributed by atoms with Crippen LogP contribution in [-0.2, 0) is 4.79 Å². The predicted octanol–water partition coefficient (Wildman–Crippen LogP) is 4.98. The molecule has 7 nitrogen and oxygen atoms in total. The Morgan fingerprint density at radius 3 is 2.89 bits per heavy atom. The quantitative estimate of drug-likeness (QED) is 0.510. The van der Waals surface area contributed by atoms with Crippen molar-refractivity contribution in [1.82, 2.24) is 20.0 Å². The molecule has 0 saturated heterocycles. The summed E-state index contributed by atoms with van der Waals surface area (Å²) in [6.07, 6.45) is 6.40. The van der Waals surface area contributed by atoms with E-state index in [-0.39, 0.29) is 11.7 Å². The van der Waals surface area contributed by atoms with E-state index in [1.54, 1.807) is 12.3 Å². The number of rotatable bonds is 7. The Balaban J connectivity index is 1.30. The van der Waals surface area contributed by atoms with Gasteiger partial charge in [0, 0.05) is 6.07 Å². The second-order valence-electron chi connectivity index (χ2n) is 6.41. The minimum absolute atomic E-state index is 0.0828. The number of hydrogen-bond donors (Lipinski definition) is 2. The molecule has 3 aromatic rings. The van der Waals surface area contributed by atoms with Crippen LogP contribution in [0.2, 0.25) is 5.02 Å². The zero-order valence-electron chi connectivity index (χ0n) is 15.0. The zero-order chi connectivity index (χ0) is 19.3. The highest BCUT2D eigenvalue weighted by Crippen LogP contribution is 2.32. The lowest BCUT2D eigenvalue weighted by Gasteiger charge is -2.14. The Kier molecular flexibility index (Phi) is 6.13. The number of benzene rings is 1. The van der Waals surface area contributed by atoms with Crippen LogP contribution < -0.4 is 10.6 Å². The first-order chi connectivity index (χ1) is 13.7. The van der Waals surface area contributed by atoms with Crippen LogP contribution >= 0.6 is 34.7 Å². The number of amides is 1. The van der Waals surface area contributed by atoms with Gasteiger partial charge in [-0.2, -0.15) is 5.10 Å². The van der Waals surface area contributed by atoms with E-state index in [1.165, 1.54) is 35.9 Å². The van der Waals surface area contributed by atoms with Crippen LogP contribution in [0.25, 0.3) is 0 Å². The summed E-state index contributed by atoms with van der Waals surface area (Å²) in [5, 5.41) is 19.9. The smallest absolute Gasteiger partial charge is 0.235 e. The highest BCUT2D eigenvalue weighted by atomic mass is 35.5. The Morgan fingerprint density at radius 2 is 2.07 bits per heavy atom. The van der Waals surface area contributed by atoms with Gasteiger partial charge in [0.1, 0.15) is 5.82 Å². The third kappa shape index (κ3) is 4.65. The molecule has 1 saturated carbocycles. The number of nitrogens with zero attached hydrogens (tertiary/aromatic N) is 4. The van der Waals surface area contributed by atoms with Gasteiger partial charge in [-0.05, 0) is 25.0 Å². The van der Waals surface area contributed by atoms with Crippen molar-refractivity contribution in [3.05, 3.63) is 41.6 Å². The molecule has 1 amide bonds. The van der Waals surface area contributed by atoms with Gasteiger partial charge in [0.05, 0.1) is 28.7 Å². The lowest BCUT2D eigenvalue weighted by atomic mass is 10.2. The fourth-order valence-electron chi connectivity index (χ4n) is 3.16. The van der Waals surface area contributed by atoms with Crippen molar-refractivity contribution in [2.45, 2.75) is 36.1 Å². The van der Waals surface area contributed by atoms with E-state index in [0.717, 1.165) is 24.3 Å². The molecule has 2 aromatic heterocycles. The Hall–Kier alpha value is -2.10. The van der Waals surface area contributed by atoms with E-state index in [2.05, 4.69) is 25.9 Å². The van der Waals surface area contributed by atoms with E-state index >= 15 is 0 Å². The van der Waals surface area contributed by atoms with Gasteiger partial charge in [-0.15, -0.1) is 10.2 Å². The summed E-state index contributed by atoms with van der Waals surface area (Å²) in [6.45, 7) is 0. The summed E-state index contributed by atoms with van der Waals surface area (Å²) in [5.41, 5.74) is 0.773. The maximum Gasteiger partial charge on any atom is 0.235 e. The average Bonchev–Trinajstić information content (AvgIpc) is 3.43. The summed E-state index contributed by atoms with van der Waals surface area (Å²) < 4.78 is 2.65. The van der Waals surface area contributed by atoms with Crippen molar-refractivity contribution in [3.8, 4) is 0 Å². The standard InChI is InChI=1S/C18H19ClN6OS2/c19-13-7-3-4-8-14(13)21-17-23-24-18(28-17)27-11-16(26)22-15-9-10-20-25(15)12-5-1-2-6-12/h3-4,7-10,12H,1-2,5-6,11H2,(H,21,23)(H,22,26). The number of nitrogens with one attached hydrogen (secondary N) is 2. The molecule has 0 spiro atoms. The predicted molar refractivity (Wildman–Crippen MR) is 114 cm³/mol. The summed E-state index contributed by atoms with van der Waals surface area (Å²) >= 11 is 8.88. The van der Waals surface area contributed by atoms with Gasteiger partial charge in [0.15, 0.2) is 4.34 Å². The molecule has 10 heteroatoms. The van der Waals surface area contributed by atoms with Crippen molar-refractivity contribution < 1.29 is 4.79 Å². The first kappa shape index (κ1) is 19.2. The molecule has 0 atom stereocenters. The largest absolute Gasteiger partial charge is 0.329 e. The first-order valence-electron chi connectivity index (χ1n) is 9.00. The van der Waals surface area contributed by atoms with E-state index in [4.69, 9.17) is 11.6 Å². The van der Waals surface area contributed by atoms with E-state index in [9.17, 15) is 4.79 Å². The first-order valence-corrected chi connectivity index (χ1v) is 11.2. The number of carbonyl (C=O) groups excluding carboxylic acids is 1. The number of thioether (sulfide) groups is 1. The molecule has 2 heterocycles. The van der Waals surface area contributed by atoms with Crippen LogP contribution in [0.5, 0.6) is 0 Å². The summed E-state index contributed by atoms with van der Waals surface area (Å²) in [7, 11) is 0. The molecule has 1 fully saturated rings. The van der Waals surface area contributed by atoms with Gasteiger partial charge in [-0.1, -0.05) is 59.7 Å². The van der Waals surface area contributed by atoms with Crippen LogP contribution in [-0.4, -0.2) is 31.6 Å². The molecule has 1 aliphatic rings. The SMILES string of the molecule is O=C(CSc1nnc(Nc2ccccc2Cl)s1)Nc1ccnn1C1CCCC1. The van der Waals surface area contributed by atoms with Crippen molar-refractivity contribution in [2.24, 2.45) is 0 Å². The molecule has 1 aliphatic carbocycles. The highest BCUT2D eigenvalue weighted by Gasteiger charge is 2.20. The molecule has 0 bridgehead atoms. The monoisotopic (exact) mass is 434 g/mol. The fraction of sp³-hybridized carbons (Fsp3) is 0.333. The van der Waals surface area contributed by atoms with Crippen LogP contribution in [0.3, 0.4) is 0 Å². The molecule has 28 heavy (non-hydrogen) atoms. The van der Waals surface area contributed by atoms with Crippen molar-refractivity contribution in [1.29, 1.82) is 0 Å². The molecule has 0 aliphatic heterocycles. The Morgan fingerprint density at radius 1 is 1.25 bits per heavy atom. The van der Waals surface area contributed by atoms with Crippen LogP contribution in [0.1, 0.15) is 31.7 Å². The maximum atomic E-state index is 12.3. The second-order valence-corrected chi connectivity index (χ2v) is 9.02. The van der Waals surface area contributed by atoms with Crippen molar-refractivity contribution >= 4 is 57.2 Å². The molecule has 0 unspecified atom stereocenters. The number of hydrogen-bond acceptors (Lipinski definition) is 7. The number of aromatic nitrogens is 4. The van der Waals surface area contributed by atoms with Crippen LogP contribution in [0.15, 0.2) is 40.9 Å². The fourth-order valence-corrected chi connectivity index (χ4v) is 4.90. The molecule has 2 N–H and O–H groups in total. The Bertz CT molecular complexity index is 953. The molecule has 1 aromatic carbocycles. The lowest BCUT2D eigenvalue weighted by Crippen LogP contribution is -2.19. The normalized spacial score (nSPS) is 14.3. The lowest BCUT2D eigenvalue weighted by molar-refractivity contribution is -0.113. The topological polar surface area (TPSA) is 84.7 Å². The van der Waals surface area contributed by atoms with Gasteiger partial charge >= 0.3 is 0 Å². The molecule has 0 radical (unpaired) electrons. The van der Waals surface area contributed by atoms with Gasteiger partial charge in [-0.3, -0.25) is 4.79 Å². The molecular formula is C18H19ClN6OS2. The molecular weight excluding hydrogens is 416 g/mol. The minimum Gasteiger partial charge on any atom is -0.329 e. The summed E-state index contributed by atoms with van der Waals surface area (Å²) in [5.74, 6) is 0.938. The third-order valence-corrected chi connectivity index (χ3v) is 6.76. The van der Waals surface area contributed by atoms with Gasteiger partial charge in [-0.25, -0.2) is 4.68 Å². The molecule has 146 valence electrons. The van der Waals surface area contributed by atoms with Crippen molar-refractivity contribution in [2.75, 3.05) is 16.4 Å². The number of halogens is 1. The van der Waals surface area contributed by atoms with E-state index < -0.39 is 0 Å². The number of carbonyl (C=O) groups is 1. The van der Waals surface area contributed by atoms with Crippen LogP contribution in [0, 0.1) is 0 Å². The average molecular weight is 435 g/mol. The second kappa shape index (κ2) is 8.93. The number of para-hydroxylation sites is 1. The van der Waals surface area contributed by atoms with Crippen molar-refractivity contribution in [3.63, 3.8) is 0 Å². The van der Waals surface area contributed by atoms with Crippen LogP contribution in [0.4, 0.5) is 16.6 Å². The summed E-state index contributed by atoms with van der Waals surface area (Å²) in [6, 6.07) is 9.67. The molecule has 4 rings (SSSR count). The summed E-state index contributed by atoms with van der Waals surface area (Å²) in [4.78, 5) is 12.3. The Labute approximate surface area is 175 Å².